The van der Waals surface area contributed by atoms with Crippen molar-refractivity contribution < 1.29 is 4.42 Å². The largest absolute Gasteiger partial charge is 0.408 e. The lowest BCUT2D eigenvalue weighted by atomic mass is 9.96. The van der Waals surface area contributed by atoms with Crippen LogP contribution in [0.5, 0.6) is 0 Å². The first-order valence-electron chi connectivity index (χ1n) is 6.03. The second-order valence-electron chi connectivity index (χ2n) is 4.27. The zero-order valence-corrected chi connectivity index (χ0v) is 10.2. The third-order valence-electron chi connectivity index (χ3n) is 2.92. The van der Waals surface area contributed by atoms with Gasteiger partial charge in [-0.3, -0.25) is 0 Å². The fourth-order valence-corrected chi connectivity index (χ4v) is 2.19. The minimum atomic E-state index is 0.509. The molecule has 1 fully saturated rings. The van der Waals surface area contributed by atoms with Gasteiger partial charge in [-0.15, -0.1) is 16.7 Å². The Bertz CT molecular complexity index is 310. The Morgan fingerprint density at radius 3 is 2.81 bits per heavy atom. The van der Waals surface area contributed by atoms with E-state index in [0.717, 1.165) is 12.8 Å². The van der Waals surface area contributed by atoms with Crippen molar-refractivity contribution in [1.82, 2.24) is 10.2 Å². The lowest BCUT2D eigenvalue weighted by Gasteiger charge is -2.21. The van der Waals surface area contributed by atoms with E-state index in [1.165, 1.54) is 32.1 Å². The molecule has 0 bridgehead atoms. The normalized spacial score (nSPS) is 17.6. The molecule has 0 aliphatic heterocycles. The van der Waals surface area contributed by atoms with E-state index in [1.807, 2.05) is 0 Å². The van der Waals surface area contributed by atoms with Crippen molar-refractivity contribution in [2.45, 2.75) is 51.0 Å². The highest BCUT2D eigenvalue weighted by atomic mass is 35.5. The summed E-state index contributed by atoms with van der Waals surface area (Å²) in [4.78, 5) is 0. The van der Waals surface area contributed by atoms with E-state index < -0.39 is 0 Å². The summed E-state index contributed by atoms with van der Waals surface area (Å²) in [7, 11) is 0. The van der Waals surface area contributed by atoms with Crippen LogP contribution >= 0.6 is 11.6 Å². The van der Waals surface area contributed by atoms with E-state index in [0.29, 0.717) is 23.8 Å². The first-order chi connectivity index (χ1) is 7.88. The molecule has 0 aromatic carbocycles. The van der Waals surface area contributed by atoms with Gasteiger partial charge in [-0.25, -0.2) is 0 Å². The summed E-state index contributed by atoms with van der Waals surface area (Å²) in [5, 5.41) is 11.3. The molecule has 2 rings (SSSR count). The topological polar surface area (TPSA) is 51.0 Å². The van der Waals surface area contributed by atoms with E-state index in [-0.39, 0.29) is 0 Å². The van der Waals surface area contributed by atoms with Crippen molar-refractivity contribution >= 4 is 17.6 Å². The Morgan fingerprint density at radius 2 is 2.06 bits per heavy atom. The molecule has 1 saturated carbocycles. The van der Waals surface area contributed by atoms with Crippen LogP contribution in [-0.2, 0) is 6.42 Å². The van der Waals surface area contributed by atoms with Crippen molar-refractivity contribution in [3.05, 3.63) is 5.89 Å². The Morgan fingerprint density at radius 1 is 1.25 bits per heavy atom. The van der Waals surface area contributed by atoms with E-state index in [2.05, 4.69) is 15.5 Å². The fraction of sp³-hybridized carbons (Fsp3) is 0.818. The lowest BCUT2D eigenvalue weighted by molar-refractivity contribution is 0.440. The molecule has 0 atom stereocenters. The number of aryl methyl sites for hydroxylation is 1. The summed E-state index contributed by atoms with van der Waals surface area (Å²) < 4.78 is 5.50. The highest BCUT2D eigenvalue weighted by Crippen LogP contribution is 2.21. The van der Waals surface area contributed by atoms with Gasteiger partial charge in [-0.1, -0.05) is 24.4 Å². The molecular weight excluding hydrogens is 226 g/mol. The third kappa shape index (κ3) is 3.37. The molecule has 5 heteroatoms. The van der Waals surface area contributed by atoms with Gasteiger partial charge in [-0.2, -0.15) is 0 Å². The number of halogens is 1. The van der Waals surface area contributed by atoms with Gasteiger partial charge >= 0.3 is 6.01 Å². The second-order valence-corrected chi connectivity index (χ2v) is 4.65. The first kappa shape index (κ1) is 11.7. The minimum absolute atomic E-state index is 0.509. The summed E-state index contributed by atoms with van der Waals surface area (Å²) in [5.74, 6) is 1.31. The molecule has 0 unspecified atom stereocenters. The Balaban J connectivity index is 1.81. The molecule has 0 saturated heterocycles. The lowest BCUT2D eigenvalue weighted by Crippen LogP contribution is -2.22. The smallest absolute Gasteiger partial charge is 0.315 e. The second kappa shape index (κ2) is 6.09. The zero-order valence-electron chi connectivity index (χ0n) is 9.41. The van der Waals surface area contributed by atoms with Crippen LogP contribution in [0.25, 0.3) is 0 Å². The van der Waals surface area contributed by atoms with Crippen molar-refractivity contribution in [2.75, 3.05) is 11.2 Å². The Kier molecular flexibility index (Phi) is 4.45. The number of nitrogens with zero attached hydrogens (tertiary/aromatic N) is 2. The molecule has 0 radical (unpaired) electrons. The summed E-state index contributed by atoms with van der Waals surface area (Å²) in [6.07, 6.45) is 8.01. The fourth-order valence-electron chi connectivity index (χ4n) is 2.05. The predicted molar refractivity (Wildman–Crippen MR) is 63.8 cm³/mol. The number of aromatic nitrogens is 2. The molecule has 90 valence electrons. The molecule has 1 aliphatic carbocycles. The maximum Gasteiger partial charge on any atom is 0.315 e. The molecule has 16 heavy (non-hydrogen) atoms. The van der Waals surface area contributed by atoms with Crippen LogP contribution in [0.1, 0.15) is 44.4 Å². The van der Waals surface area contributed by atoms with Gasteiger partial charge in [0, 0.05) is 18.3 Å². The average molecular weight is 244 g/mol. The average Bonchev–Trinajstić information content (AvgIpc) is 2.75. The monoisotopic (exact) mass is 243 g/mol. The van der Waals surface area contributed by atoms with Crippen LogP contribution in [-0.4, -0.2) is 22.1 Å². The van der Waals surface area contributed by atoms with Gasteiger partial charge in [-0.05, 0) is 19.3 Å². The maximum atomic E-state index is 5.61. The molecule has 1 aromatic heterocycles. The van der Waals surface area contributed by atoms with Crippen molar-refractivity contribution in [2.24, 2.45) is 0 Å². The molecule has 0 spiro atoms. The molecule has 0 amide bonds. The number of nitrogens with one attached hydrogen (secondary N) is 1. The highest BCUT2D eigenvalue weighted by molar-refractivity contribution is 6.17. The molecule has 1 aliphatic rings. The summed E-state index contributed by atoms with van der Waals surface area (Å²) in [6, 6.07) is 1.08. The number of anilines is 1. The van der Waals surface area contributed by atoms with E-state index >= 15 is 0 Å². The van der Waals surface area contributed by atoms with Gasteiger partial charge in [0.25, 0.3) is 0 Å². The number of alkyl halides is 1. The van der Waals surface area contributed by atoms with Gasteiger partial charge in [0.1, 0.15) is 0 Å². The van der Waals surface area contributed by atoms with Crippen molar-refractivity contribution in [3.63, 3.8) is 0 Å². The summed E-state index contributed by atoms with van der Waals surface area (Å²) >= 11 is 5.61. The van der Waals surface area contributed by atoms with Gasteiger partial charge in [0.05, 0.1) is 0 Å². The van der Waals surface area contributed by atoms with Crippen LogP contribution in [0, 0.1) is 0 Å². The van der Waals surface area contributed by atoms with Gasteiger partial charge < -0.3 is 9.73 Å². The number of hydrogen-bond donors (Lipinski definition) is 1. The number of rotatable bonds is 5. The maximum absolute atomic E-state index is 5.61. The summed E-state index contributed by atoms with van der Waals surface area (Å²) in [5.41, 5.74) is 0. The zero-order chi connectivity index (χ0) is 11.2. The quantitative estimate of drug-likeness (QED) is 0.808. The van der Waals surface area contributed by atoms with Crippen LogP contribution in [0.2, 0.25) is 0 Å². The molecule has 4 nitrogen and oxygen atoms in total. The summed E-state index contributed by atoms with van der Waals surface area (Å²) in [6.45, 7) is 0. The van der Waals surface area contributed by atoms with Crippen LogP contribution in [0.3, 0.4) is 0 Å². The number of hydrogen-bond acceptors (Lipinski definition) is 4. The SMILES string of the molecule is ClCCCc1nnc(NC2CCCCC2)o1. The minimum Gasteiger partial charge on any atom is -0.408 e. The van der Waals surface area contributed by atoms with Gasteiger partial charge in [0.2, 0.25) is 5.89 Å². The van der Waals surface area contributed by atoms with Crippen LogP contribution in [0.15, 0.2) is 4.42 Å². The molecule has 1 aromatic rings. The van der Waals surface area contributed by atoms with E-state index in [4.69, 9.17) is 16.0 Å². The van der Waals surface area contributed by atoms with Crippen molar-refractivity contribution in [1.29, 1.82) is 0 Å². The van der Waals surface area contributed by atoms with Crippen LogP contribution < -0.4 is 5.32 Å². The van der Waals surface area contributed by atoms with E-state index in [1.54, 1.807) is 0 Å². The van der Waals surface area contributed by atoms with Crippen LogP contribution in [0.4, 0.5) is 6.01 Å². The highest BCUT2D eigenvalue weighted by Gasteiger charge is 2.15. The van der Waals surface area contributed by atoms with E-state index in [9.17, 15) is 0 Å². The molecule has 1 N–H and O–H groups in total. The van der Waals surface area contributed by atoms with Gasteiger partial charge in [0.15, 0.2) is 0 Å². The molecular formula is C11H18ClN3O. The standard InChI is InChI=1S/C11H18ClN3O/c12-8-4-7-10-14-15-11(16-10)13-9-5-2-1-3-6-9/h9H,1-8H2,(H,13,15). The van der Waals surface area contributed by atoms with Crippen molar-refractivity contribution in [3.8, 4) is 0 Å². The molecule has 1 heterocycles. The predicted octanol–water partition coefficient (Wildman–Crippen LogP) is 2.99. The third-order valence-corrected chi connectivity index (χ3v) is 3.19. The Labute approximate surface area is 101 Å². The Hall–Kier alpha value is -0.770. The first-order valence-corrected chi connectivity index (χ1v) is 6.57.